The van der Waals surface area contributed by atoms with Crippen molar-refractivity contribution in [1.82, 2.24) is 5.32 Å². The topological polar surface area (TPSA) is 12.0 Å². The van der Waals surface area contributed by atoms with Crippen LogP contribution in [0.2, 0.25) is 0 Å². The van der Waals surface area contributed by atoms with Gasteiger partial charge in [-0.25, -0.2) is 0 Å². The van der Waals surface area contributed by atoms with Gasteiger partial charge in [-0.15, -0.1) is 0 Å². The second-order valence-corrected chi connectivity index (χ2v) is 5.47. The van der Waals surface area contributed by atoms with Crippen molar-refractivity contribution >= 4 is 11.8 Å². The van der Waals surface area contributed by atoms with Crippen molar-refractivity contribution in [3.63, 3.8) is 0 Å². The fourth-order valence-corrected chi connectivity index (χ4v) is 3.73. The van der Waals surface area contributed by atoms with Gasteiger partial charge >= 0.3 is 0 Å². The van der Waals surface area contributed by atoms with Gasteiger partial charge in [-0.05, 0) is 56.9 Å². The molecule has 2 aliphatic heterocycles. The summed E-state index contributed by atoms with van der Waals surface area (Å²) in [7, 11) is 0. The van der Waals surface area contributed by atoms with E-state index in [4.69, 9.17) is 0 Å². The summed E-state index contributed by atoms with van der Waals surface area (Å²) in [5.41, 5.74) is 0. The highest BCUT2D eigenvalue weighted by molar-refractivity contribution is 8.00. The maximum absolute atomic E-state index is 3.43. The van der Waals surface area contributed by atoms with Crippen molar-refractivity contribution in [2.75, 3.05) is 18.8 Å². The van der Waals surface area contributed by atoms with E-state index in [-0.39, 0.29) is 0 Å². The Hall–Kier alpha value is 0.310. The molecule has 1 unspecified atom stereocenters. The molecule has 0 aromatic heterocycles. The zero-order chi connectivity index (χ0) is 8.23. The molecule has 0 spiro atoms. The Kier molecular flexibility index (Phi) is 3.35. The van der Waals surface area contributed by atoms with E-state index in [1.165, 1.54) is 50.9 Å². The van der Waals surface area contributed by atoms with Crippen LogP contribution in [0.3, 0.4) is 0 Å². The molecule has 2 aliphatic rings. The SMILES string of the molecule is C1CSC(CC2CCNCC2)C1. The monoisotopic (exact) mass is 185 g/mol. The highest BCUT2D eigenvalue weighted by Gasteiger charge is 2.21. The first-order chi connectivity index (χ1) is 5.95. The van der Waals surface area contributed by atoms with Gasteiger partial charge < -0.3 is 5.32 Å². The minimum atomic E-state index is 1.02. The van der Waals surface area contributed by atoms with E-state index < -0.39 is 0 Å². The molecule has 2 fully saturated rings. The summed E-state index contributed by atoms with van der Waals surface area (Å²) < 4.78 is 0. The van der Waals surface area contributed by atoms with Crippen LogP contribution in [0.25, 0.3) is 0 Å². The van der Waals surface area contributed by atoms with E-state index >= 15 is 0 Å². The Bertz CT molecular complexity index is 126. The third-order valence-corrected chi connectivity index (χ3v) is 4.50. The lowest BCUT2D eigenvalue weighted by Gasteiger charge is -2.24. The average Bonchev–Trinajstić information content (AvgIpc) is 2.59. The van der Waals surface area contributed by atoms with Gasteiger partial charge in [0.15, 0.2) is 0 Å². The van der Waals surface area contributed by atoms with Crippen molar-refractivity contribution in [3.8, 4) is 0 Å². The highest BCUT2D eigenvalue weighted by atomic mass is 32.2. The first-order valence-electron chi connectivity index (χ1n) is 5.27. The number of hydrogen-bond donors (Lipinski definition) is 1. The third-order valence-electron chi connectivity index (χ3n) is 3.08. The van der Waals surface area contributed by atoms with Crippen LogP contribution in [-0.4, -0.2) is 24.1 Å². The zero-order valence-corrected chi connectivity index (χ0v) is 8.54. The first-order valence-corrected chi connectivity index (χ1v) is 6.32. The van der Waals surface area contributed by atoms with Crippen molar-refractivity contribution < 1.29 is 0 Å². The van der Waals surface area contributed by atoms with E-state index in [2.05, 4.69) is 17.1 Å². The zero-order valence-electron chi connectivity index (χ0n) is 7.72. The molecule has 0 aromatic rings. The molecular weight excluding hydrogens is 166 g/mol. The van der Waals surface area contributed by atoms with Crippen molar-refractivity contribution in [1.29, 1.82) is 0 Å². The molecule has 1 N–H and O–H groups in total. The highest BCUT2D eigenvalue weighted by Crippen LogP contribution is 2.33. The minimum absolute atomic E-state index is 1.02. The maximum Gasteiger partial charge on any atom is 0.00500 e. The fraction of sp³-hybridized carbons (Fsp3) is 1.00. The fourth-order valence-electron chi connectivity index (χ4n) is 2.32. The first kappa shape index (κ1) is 8.89. The van der Waals surface area contributed by atoms with Gasteiger partial charge in [-0.2, -0.15) is 11.8 Å². The van der Waals surface area contributed by atoms with Crippen molar-refractivity contribution in [2.24, 2.45) is 5.92 Å². The van der Waals surface area contributed by atoms with Crippen LogP contribution >= 0.6 is 11.8 Å². The predicted octanol–water partition coefficient (Wildman–Crippen LogP) is 2.27. The lowest BCUT2D eigenvalue weighted by Crippen LogP contribution is -2.28. The lowest BCUT2D eigenvalue weighted by atomic mass is 9.92. The normalized spacial score (nSPS) is 32.5. The summed E-state index contributed by atoms with van der Waals surface area (Å²) in [5.74, 6) is 2.47. The summed E-state index contributed by atoms with van der Waals surface area (Å²) in [5, 5.41) is 4.45. The smallest absolute Gasteiger partial charge is 0.00500 e. The van der Waals surface area contributed by atoms with Crippen LogP contribution in [0.4, 0.5) is 0 Å². The van der Waals surface area contributed by atoms with E-state index in [9.17, 15) is 0 Å². The number of hydrogen-bond acceptors (Lipinski definition) is 2. The molecule has 1 atom stereocenters. The van der Waals surface area contributed by atoms with Gasteiger partial charge in [0, 0.05) is 5.25 Å². The minimum Gasteiger partial charge on any atom is -0.317 e. The van der Waals surface area contributed by atoms with Gasteiger partial charge in [-0.3, -0.25) is 0 Å². The molecule has 0 aromatic carbocycles. The second-order valence-electron chi connectivity index (χ2n) is 4.06. The molecular formula is C10H19NS. The average molecular weight is 185 g/mol. The molecule has 2 heteroatoms. The van der Waals surface area contributed by atoms with Gasteiger partial charge in [-0.1, -0.05) is 0 Å². The van der Waals surface area contributed by atoms with Crippen LogP contribution in [0, 0.1) is 5.92 Å². The van der Waals surface area contributed by atoms with Crippen molar-refractivity contribution in [2.45, 2.75) is 37.4 Å². The second kappa shape index (κ2) is 4.52. The summed E-state index contributed by atoms with van der Waals surface area (Å²) >= 11 is 2.22. The Morgan fingerprint density at radius 1 is 1.17 bits per heavy atom. The molecule has 2 rings (SSSR count). The van der Waals surface area contributed by atoms with E-state index in [1.807, 2.05) is 0 Å². The largest absolute Gasteiger partial charge is 0.317 e. The molecule has 0 radical (unpaired) electrons. The lowest BCUT2D eigenvalue weighted by molar-refractivity contribution is 0.349. The number of thioether (sulfide) groups is 1. The maximum atomic E-state index is 3.43. The Balaban J connectivity index is 1.69. The molecule has 0 bridgehead atoms. The molecule has 0 amide bonds. The molecule has 0 aliphatic carbocycles. The third kappa shape index (κ3) is 2.40. The predicted molar refractivity (Wildman–Crippen MR) is 55.7 cm³/mol. The van der Waals surface area contributed by atoms with Gasteiger partial charge in [0.1, 0.15) is 0 Å². The molecule has 2 saturated heterocycles. The summed E-state index contributed by atoms with van der Waals surface area (Å²) in [6, 6.07) is 0. The standard InChI is InChI=1S/C10H19NS/c1-2-10(12-7-1)8-9-3-5-11-6-4-9/h9-11H,1-8H2. The molecule has 70 valence electrons. The number of piperidine rings is 1. The Labute approximate surface area is 79.7 Å². The van der Waals surface area contributed by atoms with Gasteiger partial charge in [0.25, 0.3) is 0 Å². The van der Waals surface area contributed by atoms with E-state index in [0.29, 0.717) is 0 Å². The Morgan fingerprint density at radius 2 is 2.00 bits per heavy atom. The molecule has 0 saturated carbocycles. The van der Waals surface area contributed by atoms with Crippen LogP contribution in [0.15, 0.2) is 0 Å². The molecule has 12 heavy (non-hydrogen) atoms. The van der Waals surface area contributed by atoms with E-state index in [0.717, 1.165) is 11.2 Å². The van der Waals surface area contributed by atoms with Crippen LogP contribution in [0.1, 0.15) is 32.1 Å². The molecule has 2 heterocycles. The van der Waals surface area contributed by atoms with Crippen LogP contribution in [0.5, 0.6) is 0 Å². The number of nitrogens with one attached hydrogen (secondary N) is 1. The van der Waals surface area contributed by atoms with Crippen LogP contribution in [-0.2, 0) is 0 Å². The van der Waals surface area contributed by atoms with E-state index in [1.54, 1.807) is 0 Å². The van der Waals surface area contributed by atoms with Gasteiger partial charge in [0.2, 0.25) is 0 Å². The quantitative estimate of drug-likeness (QED) is 0.708. The van der Waals surface area contributed by atoms with Crippen LogP contribution < -0.4 is 5.32 Å². The molecule has 1 nitrogen and oxygen atoms in total. The Morgan fingerprint density at radius 3 is 2.67 bits per heavy atom. The summed E-state index contributed by atoms with van der Waals surface area (Å²) in [4.78, 5) is 0. The van der Waals surface area contributed by atoms with Gasteiger partial charge in [0.05, 0.1) is 0 Å². The summed E-state index contributed by atoms with van der Waals surface area (Å²) in [6.07, 6.45) is 7.33. The van der Waals surface area contributed by atoms with Crippen molar-refractivity contribution in [3.05, 3.63) is 0 Å². The summed E-state index contributed by atoms with van der Waals surface area (Å²) in [6.45, 7) is 2.53. The number of rotatable bonds is 2.